The first-order chi connectivity index (χ1) is 14.1. The van der Waals surface area contributed by atoms with Gasteiger partial charge in [0.15, 0.2) is 5.75 Å². The van der Waals surface area contributed by atoms with Gasteiger partial charge in [0.2, 0.25) is 5.91 Å². The highest BCUT2D eigenvalue weighted by molar-refractivity contribution is 6.31. The van der Waals surface area contributed by atoms with Crippen molar-refractivity contribution in [2.24, 2.45) is 0 Å². The molecule has 0 saturated heterocycles. The Bertz CT molecular complexity index is 1240. The molecule has 1 amide bonds. The molecule has 1 N–H and O–H groups in total. The minimum atomic E-state index is -0.399. The Morgan fingerprint density at radius 1 is 1.03 bits per heavy atom. The summed E-state index contributed by atoms with van der Waals surface area (Å²) in [5.41, 5.74) is 0.716. The lowest BCUT2D eigenvalue weighted by Crippen LogP contribution is -2.28. The van der Waals surface area contributed by atoms with Crippen molar-refractivity contribution in [1.29, 1.82) is 0 Å². The number of carbonyl (C=O) groups excluding carboxylic acids is 1. The number of rotatable bonds is 5. The van der Waals surface area contributed by atoms with Crippen LogP contribution in [0.25, 0.3) is 10.9 Å². The van der Waals surface area contributed by atoms with Crippen LogP contribution in [0.1, 0.15) is 0 Å². The van der Waals surface area contributed by atoms with Crippen molar-refractivity contribution in [2.45, 2.75) is 6.54 Å². The SMILES string of the molecule is O=C(Cn1cnc2ccccc2c1=O)Nc1cc(Cl)ccc1Oc1ccccc1. The van der Waals surface area contributed by atoms with Gasteiger partial charge in [0.1, 0.15) is 12.3 Å². The number of hydrogen-bond acceptors (Lipinski definition) is 4. The van der Waals surface area contributed by atoms with Gasteiger partial charge in [-0.25, -0.2) is 4.98 Å². The number of aromatic nitrogens is 2. The predicted octanol–water partition coefficient (Wildman–Crippen LogP) is 4.48. The molecule has 0 radical (unpaired) electrons. The van der Waals surface area contributed by atoms with E-state index >= 15 is 0 Å². The average molecular weight is 406 g/mol. The molecule has 6 nitrogen and oxygen atoms in total. The first-order valence-corrected chi connectivity index (χ1v) is 9.24. The van der Waals surface area contributed by atoms with Crippen LogP contribution < -0.4 is 15.6 Å². The van der Waals surface area contributed by atoms with Gasteiger partial charge in [-0.3, -0.25) is 14.2 Å². The molecule has 0 saturated carbocycles. The highest BCUT2D eigenvalue weighted by atomic mass is 35.5. The normalized spacial score (nSPS) is 10.7. The van der Waals surface area contributed by atoms with Crippen LogP contribution in [0.4, 0.5) is 5.69 Å². The van der Waals surface area contributed by atoms with Crippen molar-refractivity contribution >= 4 is 34.1 Å². The minimum Gasteiger partial charge on any atom is -0.455 e. The molecule has 1 heterocycles. The second-order valence-electron chi connectivity index (χ2n) is 6.30. The van der Waals surface area contributed by atoms with Crippen LogP contribution in [0.15, 0.2) is 83.9 Å². The fraction of sp³-hybridized carbons (Fsp3) is 0.0455. The van der Waals surface area contributed by atoms with Gasteiger partial charge in [0.25, 0.3) is 5.56 Å². The number of ether oxygens (including phenoxy) is 1. The molecule has 0 fully saturated rings. The number of benzene rings is 3. The molecular weight excluding hydrogens is 390 g/mol. The number of para-hydroxylation sites is 2. The van der Waals surface area contributed by atoms with Crippen molar-refractivity contribution in [2.75, 3.05) is 5.32 Å². The van der Waals surface area contributed by atoms with E-state index < -0.39 is 5.91 Å². The van der Waals surface area contributed by atoms with Gasteiger partial charge in [-0.2, -0.15) is 0 Å². The van der Waals surface area contributed by atoms with Crippen LogP contribution >= 0.6 is 11.6 Å². The summed E-state index contributed by atoms with van der Waals surface area (Å²) >= 11 is 6.08. The van der Waals surface area contributed by atoms with Gasteiger partial charge >= 0.3 is 0 Å². The van der Waals surface area contributed by atoms with Crippen molar-refractivity contribution in [3.63, 3.8) is 0 Å². The van der Waals surface area contributed by atoms with Gasteiger partial charge in [-0.05, 0) is 42.5 Å². The zero-order valence-corrected chi connectivity index (χ0v) is 16.0. The Kier molecular flexibility index (Phi) is 5.27. The summed E-state index contributed by atoms with van der Waals surface area (Å²) in [6.07, 6.45) is 1.36. The third-order valence-electron chi connectivity index (χ3n) is 4.23. The quantitative estimate of drug-likeness (QED) is 0.531. The van der Waals surface area contributed by atoms with Crippen LogP contribution in [0.3, 0.4) is 0 Å². The maximum absolute atomic E-state index is 12.6. The number of hydrogen-bond donors (Lipinski definition) is 1. The van der Waals surface area contributed by atoms with Gasteiger partial charge in [0, 0.05) is 5.02 Å². The molecule has 4 aromatic rings. The summed E-state index contributed by atoms with van der Waals surface area (Å²) < 4.78 is 7.11. The van der Waals surface area contributed by atoms with E-state index in [0.29, 0.717) is 33.1 Å². The third kappa shape index (κ3) is 4.28. The lowest BCUT2D eigenvalue weighted by Gasteiger charge is -2.13. The van der Waals surface area contributed by atoms with Crippen molar-refractivity contribution in [1.82, 2.24) is 9.55 Å². The van der Waals surface area contributed by atoms with Gasteiger partial charge in [0.05, 0.1) is 22.9 Å². The Morgan fingerprint density at radius 2 is 1.79 bits per heavy atom. The molecule has 4 rings (SSSR count). The second-order valence-corrected chi connectivity index (χ2v) is 6.73. The summed E-state index contributed by atoms with van der Waals surface area (Å²) in [4.78, 5) is 29.4. The summed E-state index contributed by atoms with van der Waals surface area (Å²) in [6, 6.07) is 21.1. The lowest BCUT2D eigenvalue weighted by atomic mass is 10.2. The predicted molar refractivity (Wildman–Crippen MR) is 113 cm³/mol. The maximum Gasteiger partial charge on any atom is 0.261 e. The molecule has 0 bridgehead atoms. The Morgan fingerprint density at radius 3 is 2.62 bits per heavy atom. The minimum absolute atomic E-state index is 0.187. The molecule has 29 heavy (non-hydrogen) atoms. The molecular formula is C22H16ClN3O3. The molecule has 0 aliphatic rings. The molecule has 0 spiro atoms. The number of amides is 1. The molecule has 0 unspecified atom stereocenters. The van der Waals surface area contributed by atoms with E-state index in [1.165, 1.54) is 10.9 Å². The fourth-order valence-corrected chi connectivity index (χ4v) is 3.04. The summed E-state index contributed by atoms with van der Waals surface area (Å²) in [5, 5.41) is 3.67. The molecule has 0 aliphatic heterocycles. The van der Waals surface area contributed by atoms with E-state index in [2.05, 4.69) is 10.3 Å². The number of anilines is 1. The highest BCUT2D eigenvalue weighted by Gasteiger charge is 2.12. The van der Waals surface area contributed by atoms with E-state index in [-0.39, 0.29) is 12.1 Å². The van der Waals surface area contributed by atoms with Crippen molar-refractivity contribution < 1.29 is 9.53 Å². The first-order valence-electron chi connectivity index (χ1n) is 8.86. The first kappa shape index (κ1) is 18.7. The van der Waals surface area contributed by atoms with E-state index in [1.807, 2.05) is 18.2 Å². The second kappa shape index (κ2) is 8.16. The molecule has 3 aromatic carbocycles. The fourth-order valence-electron chi connectivity index (χ4n) is 2.87. The standard InChI is InChI=1S/C22H16ClN3O3/c23-15-10-11-20(29-16-6-2-1-3-7-16)19(12-15)25-21(27)13-26-14-24-18-9-5-4-8-17(18)22(26)28/h1-12,14H,13H2,(H,25,27). The van der Waals surface area contributed by atoms with Crippen LogP contribution in [-0.4, -0.2) is 15.5 Å². The Balaban J connectivity index is 1.56. The lowest BCUT2D eigenvalue weighted by molar-refractivity contribution is -0.116. The topological polar surface area (TPSA) is 73.2 Å². The number of fused-ring (bicyclic) bond motifs is 1. The van der Waals surface area contributed by atoms with Crippen LogP contribution in [0.5, 0.6) is 11.5 Å². The van der Waals surface area contributed by atoms with E-state index in [1.54, 1.807) is 54.6 Å². The van der Waals surface area contributed by atoms with E-state index in [4.69, 9.17) is 16.3 Å². The van der Waals surface area contributed by atoms with E-state index in [0.717, 1.165) is 0 Å². The molecule has 1 aromatic heterocycles. The molecule has 0 aliphatic carbocycles. The molecule has 0 atom stereocenters. The summed E-state index contributed by atoms with van der Waals surface area (Å²) in [7, 11) is 0. The average Bonchev–Trinajstić information content (AvgIpc) is 2.73. The zero-order valence-electron chi connectivity index (χ0n) is 15.2. The van der Waals surface area contributed by atoms with Gasteiger partial charge in [-0.1, -0.05) is 41.9 Å². The zero-order chi connectivity index (χ0) is 20.2. The number of nitrogens with one attached hydrogen (secondary N) is 1. The largest absolute Gasteiger partial charge is 0.455 e. The van der Waals surface area contributed by atoms with Gasteiger partial charge < -0.3 is 10.1 Å². The number of carbonyl (C=O) groups is 1. The van der Waals surface area contributed by atoms with Crippen LogP contribution in [-0.2, 0) is 11.3 Å². The summed E-state index contributed by atoms with van der Waals surface area (Å²) in [6.45, 7) is -0.187. The monoisotopic (exact) mass is 405 g/mol. The third-order valence-corrected chi connectivity index (χ3v) is 4.47. The Hall–Kier alpha value is -3.64. The Labute approximate surface area is 171 Å². The molecule has 144 valence electrons. The van der Waals surface area contributed by atoms with Crippen molar-refractivity contribution in [3.8, 4) is 11.5 Å². The smallest absolute Gasteiger partial charge is 0.261 e. The van der Waals surface area contributed by atoms with Crippen molar-refractivity contribution in [3.05, 3.63) is 94.5 Å². The van der Waals surface area contributed by atoms with Crippen LogP contribution in [0.2, 0.25) is 5.02 Å². The number of halogens is 1. The van der Waals surface area contributed by atoms with Gasteiger partial charge in [-0.15, -0.1) is 0 Å². The molecule has 7 heteroatoms. The number of nitrogens with zero attached hydrogens (tertiary/aromatic N) is 2. The highest BCUT2D eigenvalue weighted by Crippen LogP contribution is 2.32. The van der Waals surface area contributed by atoms with Crippen LogP contribution in [0, 0.1) is 0 Å². The van der Waals surface area contributed by atoms with E-state index in [9.17, 15) is 9.59 Å². The maximum atomic E-state index is 12.6. The summed E-state index contributed by atoms with van der Waals surface area (Å²) in [5.74, 6) is 0.669.